The van der Waals surface area contributed by atoms with Crippen LogP contribution in [0.1, 0.15) is 11.7 Å². The van der Waals surface area contributed by atoms with Gasteiger partial charge in [-0.1, -0.05) is 30.0 Å². The van der Waals surface area contributed by atoms with Gasteiger partial charge >= 0.3 is 11.3 Å². The number of hydrogen-bond donors (Lipinski definition) is 3. The SMILES string of the molecule is CSc1n[n+]2c(c(=O)[nH]1)-c1ccccc1N[C@H]2c1cccc(O)c1. The Kier molecular flexibility index (Phi) is 3.50. The van der Waals surface area contributed by atoms with E-state index in [4.69, 9.17) is 0 Å². The minimum absolute atomic E-state index is 0.172. The van der Waals surface area contributed by atoms with Gasteiger partial charge in [0.15, 0.2) is 0 Å². The van der Waals surface area contributed by atoms with Crippen molar-refractivity contribution in [2.45, 2.75) is 11.3 Å². The van der Waals surface area contributed by atoms with Gasteiger partial charge in [0.2, 0.25) is 5.16 Å². The molecular formula is C17H15N4O2S+. The van der Waals surface area contributed by atoms with E-state index in [9.17, 15) is 9.90 Å². The van der Waals surface area contributed by atoms with Gasteiger partial charge in [-0.2, -0.15) is 0 Å². The number of fused-ring (bicyclic) bond motifs is 3. The fourth-order valence-corrected chi connectivity index (χ4v) is 3.27. The van der Waals surface area contributed by atoms with Crippen molar-refractivity contribution >= 4 is 17.4 Å². The van der Waals surface area contributed by atoms with Crippen molar-refractivity contribution in [3.8, 4) is 17.0 Å². The molecule has 3 aromatic rings. The van der Waals surface area contributed by atoms with Crippen molar-refractivity contribution in [3.63, 3.8) is 0 Å². The van der Waals surface area contributed by atoms with Crippen molar-refractivity contribution in [1.29, 1.82) is 0 Å². The number of H-pyrrole nitrogens is 1. The molecular weight excluding hydrogens is 324 g/mol. The van der Waals surface area contributed by atoms with Crippen LogP contribution in [-0.4, -0.2) is 21.4 Å². The minimum Gasteiger partial charge on any atom is -0.508 e. The maximum Gasteiger partial charge on any atom is 0.325 e. The predicted molar refractivity (Wildman–Crippen MR) is 92.1 cm³/mol. The predicted octanol–water partition coefficient (Wildman–Crippen LogP) is 2.12. The van der Waals surface area contributed by atoms with Crippen LogP contribution in [0.4, 0.5) is 5.69 Å². The number of para-hydroxylation sites is 1. The van der Waals surface area contributed by atoms with Crippen molar-refractivity contribution < 1.29 is 9.79 Å². The molecule has 0 aliphatic carbocycles. The first-order valence-corrected chi connectivity index (χ1v) is 8.65. The zero-order chi connectivity index (χ0) is 16.7. The number of nitrogens with one attached hydrogen (secondary N) is 2. The highest BCUT2D eigenvalue weighted by Crippen LogP contribution is 2.32. The third kappa shape index (κ3) is 2.33. The van der Waals surface area contributed by atoms with E-state index in [1.165, 1.54) is 11.8 Å². The van der Waals surface area contributed by atoms with E-state index >= 15 is 0 Å². The summed E-state index contributed by atoms with van der Waals surface area (Å²) in [7, 11) is 0. The minimum atomic E-state index is -0.379. The van der Waals surface area contributed by atoms with Crippen LogP contribution >= 0.6 is 11.8 Å². The van der Waals surface area contributed by atoms with Crippen molar-refractivity contribution in [2.24, 2.45) is 0 Å². The highest BCUT2D eigenvalue weighted by atomic mass is 32.2. The first kappa shape index (κ1) is 14.8. The molecule has 1 aliphatic heterocycles. The first-order chi connectivity index (χ1) is 11.7. The Morgan fingerprint density at radius 1 is 1.21 bits per heavy atom. The number of hydrogen-bond acceptors (Lipinski definition) is 5. The quantitative estimate of drug-likeness (QED) is 0.492. The molecule has 0 bridgehead atoms. The van der Waals surface area contributed by atoms with Crippen molar-refractivity contribution in [1.82, 2.24) is 10.1 Å². The summed E-state index contributed by atoms with van der Waals surface area (Å²) in [4.78, 5) is 15.5. The lowest BCUT2D eigenvalue weighted by Crippen LogP contribution is -2.55. The number of anilines is 1. The number of rotatable bonds is 2. The molecule has 0 fully saturated rings. The Morgan fingerprint density at radius 3 is 2.83 bits per heavy atom. The van der Waals surface area contributed by atoms with E-state index in [0.29, 0.717) is 10.9 Å². The number of benzene rings is 2. The van der Waals surface area contributed by atoms with E-state index in [2.05, 4.69) is 15.4 Å². The normalized spacial score (nSPS) is 15.3. The Balaban J connectivity index is 2.00. The van der Waals surface area contributed by atoms with Crippen LogP contribution in [-0.2, 0) is 0 Å². The number of aromatic hydroxyl groups is 1. The smallest absolute Gasteiger partial charge is 0.325 e. The van der Waals surface area contributed by atoms with Gasteiger partial charge in [-0.25, -0.2) is 0 Å². The number of thioether (sulfide) groups is 1. The molecule has 7 heteroatoms. The van der Waals surface area contributed by atoms with Crippen LogP contribution in [0.3, 0.4) is 0 Å². The Morgan fingerprint density at radius 2 is 2.04 bits per heavy atom. The highest BCUT2D eigenvalue weighted by molar-refractivity contribution is 7.98. The molecule has 1 atom stereocenters. The molecule has 24 heavy (non-hydrogen) atoms. The van der Waals surface area contributed by atoms with Gasteiger partial charge < -0.3 is 10.4 Å². The van der Waals surface area contributed by atoms with Gasteiger partial charge in [0.1, 0.15) is 5.75 Å². The molecule has 120 valence electrons. The van der Waals surface area contributed by atoms with Crippen LogP contribution in [0.25, 0.3) is 11.3 Å². The molecule has 3 N–H and O–H groups in total. The average Bonchev–Trinajstić information content (AvgIpc) is 2.60. The van der Waals surface area contributed by atoms with Gasteiger partial charge in [0.05, 0.1) is 11.3 Å². The second kappa shape index (κ2) is 5.68. The van der Waals surface area contributed by atoms with E-state index in [0.717, 1.165) is 16.8 Å². The Bertz CT molecular complexity index is 986. The van der Waals surface area contributed by atoms with Crippen LogP contribution in [0.15, 0.2) is 58.5 Å². The van der Waals surface area contributed by atoms with Crippen LogP contribution < -0.4 is 15.6 Å². The number of nitrogens with zero attached hydrogens (tertiary/aromatic N) is 2. The van der Waals surface area contributed by atoms with E-state index in [1.807, 2.05) is 36.6 Å². The molecule has 0 unspecified atom stereocenters. The summed E-state index contributed by atoms with van der Waals surface area (Å²) in [5.74, 6) is 0.172. The topological polar surface area (TPSA) is 81.9 Å². The summed E-state index contributed by atoms with van der Waals surface area (Å²) in [6.07, 6.45) is 1.48. The summed E-state index contributed by atoms with van der Waals surface area (Å²) in [6, 6.07) is 14.6. The largest absolute Gasteiger partial charge is 0.508 e. The molecule has 6 nitrogen and oxygen atoms in total. The van der Waals surface area contributed by atoms with E-state index < -0.39 is 0 Å². The Labute approximate surface area is 142 Å². The molecule has 0 saturated heterocycles. The molecule has 0 spiro atoms. The van der Waals surface area contributed by atoms with Gasteiger partial charge in [0.25, 0.3) is 6.17 Å². The number of aromatic amines is 1. The molecule has 1 aromatic heterocycles. The van der Waals surface area contributed by atoms with Gasteiger partial charge in [-0.05, 0) is 41.3 Å². The second-order valence-corrected chi connectivity index (χ2v) is 6.24. The molecule has 0 amide bonds. The highest BCUT2D eigenvalue weighted by Gasteiger charge is 2.37. The molecule has 2 aromatic carbocycles. The third-order valence-corrected chi connectivity index (χ3v) is 4.53. The second-order valence-electron chi connectivity index (χ2n) is 5.44. The fourth-order valence-electron chi connectivity index (χ4n) is 2.90. The van der Waals surface area contributed by atoms with Gasteiger partial charge in [0, 0.05) is 10.7 Å². The lowest BCUT2D eigenvalue weighted by atomic mass is 10.0. The lowest BCUT2D eigenvalue weighted by Gasteiger charge is -2.22. The Hall–Kier alpha value is -2.80. The maximum atomic E-state index is 12.6. The average molecular weight is 339 g/mol. The van der Waals surface area contributed by atoms with Gasteiger partial charge in [-0.3, -0.25) is 9.78 Å². The number of phenolic OH excluding ortho intramolecular Hbond substituents is 1. The van der Waals surface area contributed by atoms with E-state index in [1.54, 1.807) is 22.9 Å². The van der Waals surface area contributed by atoms with Crippen molar-refractivity contribution in [3.05, 3.63) is 64.4 Å². The summed E-state index contributed by atoms with van der Waals surface area (Å²) in [6.45, 7) is 0. The molecule has 0 radical (unpaired) electrons. The summed E-state index contributed by atoms with van der Waals surface area (Å²) >= 11 is 1.37. The lowest BCUT2D eigenvalue weighted by molar-refractivity contribution is -0.759. The zero-order valence-electron chi connectivity index (χ0n) is 12.9. The summed E-state index contributed by atoms with van der Waals surface area (Å²) in [5.41, 5.74) is 2.79. The standard InChI is InChI=1S/C17H14N4O2S/c1-24-17-19-16(23)14-12-7-2-3-8-13(12)18-15(21(14)20-17)10-5-4-6-11(22)9-10/h2-9,15H,1H3,(H2,19,20,22,23)/p+1/t15-/m1/s1. The van der Waals surface area contributed by atoms with Crippen LogP contribution in [0.5, 0.6) is 5.75 Å². The first-order valence-electron chi connectivity index (χ1n) is 7.42. The van der Waals surface area contributed by atoms with Gasteiger partial charge in [-0.15, -0.1) is 0 Å². The molecule has 4 rings (SSSR count). The fraction of sp³-hybridized carbons (Fsp3) is 0.118. The molecule has 0 saturated carbocycles. The third-order valence-electron chi connectivity index (χ3n) is 3.96. The number of aromatic nitrogens is 3. The van der Waals surface area contributed by atoms with E-state index in [-0.39, 0.29) is 17.5 Å². The molecule has 1 aliphatic rings. The monoisotopic (exact) mass is 339 g/mol. The van der Waals surface area contributed by atoms with Crippen LogP contribution in [0.2, 0.25) is 0 Å². The zero-order valence-corrected chi connectivity index (χ0v) is 13.7. The number of phenols is 1. The summed E-state index contributed by atoms with van der Waals surface area (Å²) in [5, 5.41) is 18.3. The molecule has 2 heterocycles. The maximum absolute atomic E-state index is 12.6. The van der Waals surface area contributed by atoms with Crippen LogP contribution in [0, 0.1) is 0 Å². The summed E-state index contributed by atoms with van der Waals surface area (Å²) < 4.78 is 1.68. The van der Waals surface area contributed by atoms with Crippen molar-refractivity contribution in [2.75, 3.05) is 11.6 Å².